The third-order valence-electron chi connectivity index (χ3n) is 1.97. The Morgan fingerprint density at radius 1 is 1.36 bits per heavy atom. The molecule has 0 aliphatic heterocycles. The summed E-state index contributed by atoms with van der Waals surface area (Å²) in [5.74, 6) is -1.51. The average molecular weight is 201 g/mol. The maximum absolute atomic E-state index is 13.2. The lowest BCUT2D eigenvalue weighted by atomic mass is 10.0. The topological polar surface area (TPSA) is 32.3 Å². The highest BCUT2D eigenvalue weighted by Crippen LogP contribution is 2.23. The van der Waals surface area contributed by atoms with E-state index in [1.54, 1.807) is 6.92 Å². The number of aliphatic hydroxyl groups is 1. The molecule has 1 rings (SSSR count). The van der Waals surface area contributed by atoms with Crippen LogP contribution in [0.5, 0.6) is 0 Å². The summed E-state index contributed by atoms with van der Waals surface area (Å²) in [7, 11) is 0. The number of benzene rings is 1. The highest BCUT2D eigenvalue weighted by Gasteiger charge is 2.28. The highest BCUT2D eigenvalue weighted by molar-refractivity contribution is 5.24. The SMILES string of the molecule is CCNC(C)(O)c1c(F)cccc1F. The standard InChI is InChI=1S/C10H13F2NO/c1-3-13-10(2,14)9-7(11)5-4-6-8(9)12/h4-6,13-14H,3H2,1-2H3. The van der Waals surface area contributed by atoms with Crippen LogP contribution in [0.25, 0.3) is 0 Å². The molecule has 0 aliphatic carbocycles. The van der Waals surface area contributed by atoms with Gasteiger partial charge in [0.25, 0.3) is 0 Å². The fourth-order valence-corrected chi connectivity index (χ4v) is 1.40. The van der Waals surface area contributed by atoms with Gasteiger partial charge in [-0.05, 0) is 25.6 Å². The molecule has 1 atom stereocenters. The van der Waals surface area contributed by atoms with Crippen LogP contribution >= 0.6 is 0 Å². The van der Waals surface area contributed by atoms with Gasteiger partial charge >= 0.3 is 0 Å². The fourth-order valence-electron chi connectivity index (χ4n) is 1.40. The zero-order valence-corrected chi connectivity index (χ0v) is 8.14. The van der Waals surface area contributed by atoms with Gasteiger partial charge in [0.2, 0.25) is 0 Å². The molecule has 2 N–H and O–H groups in total. The van der Waals surface area contributed by atoms with E-state index in [1.807, 2.05) is 0 Å². The maximum atomic E-state index is 13.2. The van der Waals surface area contributed by atoms with E-state index in [-0.39, 0.29) is 5.56 Å². The predicted octanol–water partition coefficient (Wildman–Crippen LogP) is 1.74. The molecule has 0 bridgehead atoms. The van der Waals surface area contributed by atoms with Crippen LogP contribution < -0.4 is 5.32 Å². The lowest BCUT2D eigenvalue weighted by Gasteiger charge is -2.25. The van der Waals surface area contributed by atoms with Crippen molar-refractivity contribution >= 4 is 0 Å². The summed E-state index contributed by atoms with van der Waals surface area (Å²) in [5.41, 5.74) is -2.02. The molecule has 0 heterocycles. The van der Waals surface area contributed by atoms with E-state index in [0.717, 1.165) is 12.1 Å². The second-order valence-corrected chi connectivity index (χ2v) is 3.20. The first-order valence-electron chi connectivity index (χ1n) is 4.41. The van der Waals surface area contributed by atoms with Gasteiger partial charge in [-0.15, -0.1) is 0 Å². The molecular formula is C10H13F2NO. The Balaban J connectivity index is 3.17. The molecule has 14 heavy (non-hydrogen) atoms. The van der Waals surface area contributed by atoms with E-state index in [4.69, 9.17) is 0 Å². The number of nitrogens with one attached hydrogen (secondary N) is 1. The van der Waals surface area contributed by atoms with Crippen LogP contribution in [0.4, 0.5) is 8.78 Å². The minimum Gasteiger partial charge on any atom is -0.372 e. The van der Waals surface area contributed by atoms with E-state index in [9.17, 15) is 13.9 Å². The molecule has 0 aromatic heterocycles. The lowest BCUT2D eigenvalue weighted by molar-refractivity contribution is 0.0148. The van der Waals surface area contributed by atoms with E-state index in [1.165, 1.54) is 13.0 Å². The van der Waals surface area contributed by atoms with Gasteiger partial charge in [-0.3, -0.25) is 5.32 Å². The van der Waals surface area contributed by atoms with Crippen molar-refractivity contribution in [2.75, 3.05) is 6.54 Å². The van der Waals surface area contributed by atoms with Crippen LogP contribution in [0, 0.1) is 11.6 Å². The predicted molar refractivity (Wildman–Crippen MR) is 49.6 cm³/mol. The molecule has 1 unspecified atom stereocenters. The third kappa shape index (κ3) is 2.08. The summed E-state index contributed by atoms with van der Waals surface area (Å²) < 4.78 is 26.5. The van der Waals surface area contributed by atoms with Crippen LogP contribution in [0.2, 0.25) is 0 Å². The monoisotopic (exact) mass is 201 g/mol. The first-order valence-corrected chi connectivity index (χ1v) is 4.41. The third-order valence-corrected chi connectivity index (χ3v) is 1.97. The molecule has 1 aromatic rings. The van der Waals surface area contributed by atoms with Gasteiger partial charge in [-0.1, -0.05) is 13.0 Å². The average Bonchev–Trinajstić information content (AvgIpc) is 2.02. The van der Waals surface area contributed by atoms with E-state index >= 15 is 0 Å². The van der Waals surface area contributed by atoms with Crippen LogP contribution in [0.3, 0.4) is 0 Å². The molecule has 78 valence electrons. The largest absolute Gasteiger partial charge is 0.372 e. The van der Waals surface area contributed by atoms with Crippen LogP contribution in [0.15, 0.2) is 18.2 Å². The highest BCUT2D eigenvalue weighted by atomic mass is 19.1. The number of hydrogen-bond donors (Lipinski definition) is 2. The van der Waals surface area contributed by atoms with Crippen molar-refractivity contribution in [1.82, 2.24) is 5.32 Å². The van der Waals surface area contributed by atoms with E-state index in [2.05, 4.69) is 5.32 Å². The molecule has 0 saturated carbocycles. The van der Waals surface area contributed by atoms with Gasteiger partial charge in [0.05, 0.1) is 5.56 Å². The van der Waals surface area contributed by atoms with Gasteiger partial charge < -0.3 is 5.11 Å². The second kappa shape index (κ2) is 4.02. The summed E-state index contributed by atoms with van der Waals surface area (Å²) >= 11 is 0. The Morgan fingerprint density at radius 2 is 1.86 bits per heavy atom. The lowest BCUT2D eigenvalue weighted by Crippen LogP contribution is -2.40. The Morgan fingerprint density at radius 3 is 2.29 bits per heavy atom. The Labute approximate surface area is 81.6 Å². The summed E-state index contributed by atoms with van der Waals surface area (Å²) in [6.45, 7) is 3.48. The summed E-state index contributed by atoms with van der Waals surface area (Å²) in [6.07, 6.45) is 0. The van der Waals surface area contributed by atoms with Crippen LogP contribution in [0.1, 0.15) is 19.4 Å². The molecule has 0 radical (unpaired) electrons. The number of rotatable bonds is 3. The molecule has 0 fully saturated rings. The molecule has 0 saturated heterocycles. The minimum atomic E-state index is -1.68. The maximum Gasteiger partial charge on any atom is 0.144 e. The molecule has 0 amide bonds. The zero-order valence-electron chi connectivity index (χ0n) is 8.14. The van der Waals surface area contributed by atoms with Gasteiger partial charge in [-0.25, -0.2) is 8.78 Å². The minimum absolute atomic E-state index is 0.346. The van der Waals surface area contributed by atoms with E-state index in [0.29, 0.717) is 6.54 Å². The van der Waals surface area contributed by atoms with Crippen molar-refractivity contribution in [2.24, 2.45) is 0 Å². The van der Waals surface area contributed by atoms with Crippen molar-refractivity contribution in [3.05, 3.63) is 35.4 Å². The van der Waals surface area contributed by atoms with Crippen molar-refractivity contribution in [3.8, 4) is 0 Å². The Hall–Kier alpha value is -1.00. The molecule has 4 heteroatoms. The zero-order chi connectivity index (χ0) is 10.8. The quantitative estimate of drug-likeness (QED) is 0.730. The molecule has 1 aromatic carbocycles. The molecule has 0 spiro atoms. The smallest absolute Gasteiger partial charge is 0.144 e. The van der Waals surface area contributed by atoms with Crippen molar-refractivity contribution in [1.29, 1.82) is 0 Å². The summed E-state index contributed by atoms with van der Waals surface area (Å²) in [4.78, 5) is 0. The number of halogens is 2. The summed E-state index contributed by atoms with van der Waals surface area (Å²) in [5, 5.41) is 12.4. The van der Waals surface area contributed by atoms with Gasteiger partial charge in [0.1, 0.15) is 17.4 Å². The Kier molecular flexibility index (Phi) is 3.18. The van der Waals surface area contributed by atoms with Crippen molar-refractivity contribution in [2.45, 2.75) is 19.6 Å². The van der Waals surface area contributed by atoms with Crippen molar-refractivity contribution in [3.63, 3.8) is 0 Å². The molecular weight excluding hydrogens is 188 g/mol. The van der Waals surface area contributed by atoms with Crippen molar-refractivity contribution < 1.29 is 13.9 Å². The molecule has 2 nitrogen and oxygen atoms in total. The van der Waals surface area contributed by atoms with Crippen LogP contribution in [-0.4, -0.2) is 11.7 Å². The molecule has 0 aliphatic rings. The fraction of sp³-hybridized carbons (Fsp3) is 0.400. The summed E-state index contributed by atoms with van der Waals surface area (Å²) in [6, 6.07) is 3.49. The van der Waals surface area contributed by atoms with Gasteiger partial charge in [0.15, 0.2) is 0 Å². The van der Waals surface area contributed by atoms with E-state index < -0.39 is 17.4 Å². The first-order chi connectivity index (χ1) is 6.49. The second-order valence-electron chi connectivity index (χ2n) is 3.20. The van der Waals surface area contributed by atoms with Gasteiger partial charge in [0, 0.05) is 0 Å². The first kappa shape index (κ1) is 11.1. The van der Waals surface area contributed by atoms with Crippen LogP contribution in [-0.2, 0) is 5.72 Å². The number of hydrogen-bond acceptors (Lipinski definition) is 2. The van der Waals surface area contributed by atoms with Gasteiger partial charge in [-0.2, -0.15) is 0 Å². The Bertz CT molecular complexity index is 306. The normalized spacial score (nSPS) is 15.2.